The molecule has 1 aliphatic heterocycles. The third-order valence-corrected chi connectivity index (χ3v) is 6.81. The average Bonchev–Trinajstić information content (AvgIpc) is 2.61. The van der Waals surface area contributed by atoms with E-state index >= 15 is 0 Å². The Morgan fingerprint density at radius 2 is 1.68 bits per heavy atom. The molecule has 2 atom stereocenters. The topological polar surface area (TPSA) is 49.6 Å². The van der Waals surface area contributed by atoms with Crippen LogP contribution in [0.1, 0.15) is 37.7 Å². The van der Waals surface area contributed by atoms with Crippen LogP contribution in [0.4, 0.5) is 5.69 Å². The fourth-order valence-electron chi connectivity index (χ4n) is 5.33. The standard InChI is InChI=1S/C21H31N3O/c1-15-5-2-3-8-19(15)23-9-11-24(12-10-23)21(25)18-13-16-6-4-7-17(14-18)20(16)22/h2-3,5,8,16-18,20H,4,6-7,9-14,22H2,1H3. The minimum atomic E-state index is 0.222. The number of rotatable bonds is 2. The van der Waals surface area contributed by atoms with E-state index in [4.69, 9.17) is 5.73 Å². The molecule has 1 aromatic carbocycles. The Kier molecular flexibility index (Phi) is 4.72. The lowest BCUT2D eigenvalue weighted by Gasteiger charge is -2.45. The summed E-state index contributed by atoms with van der Waals surface area (Å²) in [5.74, 6) is 1.78. The van der Waals surface area contributed by atoms with E-state index in [9.17, 15) is 4.79 Å². The van der Waals surface area contributed by atoms with Crippen molar-refractivity contribution in [3.05, 3.63) is 29.8 Å². The van der Waals surface area contributed by atoms with Gasteiger partial charge in [0.05, 0.1) is 0 Å². The van der Waals surface area contributed by atoms with Gasteiger partial charge in [0.2, 0.25) is 5.91 Å². The van der Waals surface area contributed by atoms with E-state index < -0.39 is 0 Å². The third-order valence-electron chi connectivity index (χ3n) is 6.81. The normalized spacial score (nSPS) is 32.6. The number of amides is 1. The van der Waals surface area contributed by atoms with Crippen LogP contribution in [0, 0.1) is 24.7 Å². The van der Waals surface area contributed by atoms with Crippen molar-refractivity contribution < 1.29 is 4.79 Å². The number of piperazine rings is 1. The van der Waals surface area contributed by atoms with Gasteiger partial charge in [-0.3, -0.25) is 4.79 Å². The van der Waals surface area contributed by atoms with Crippen molar-refractivity contribution in [1.82, 2.24) is 4.90 Å². The van der Waals surface area contributed by atoms with Crippen molar-refractivity contribution in [2.75, 3.05) is 31.1 Å². The smallest absolute Gasteiger partial charge is 0.225 e. The number of fused-ring (bicyclic) bond motifs is 2. The van der Waals surface area contributed by atoms with Gasteiger partial charge in [-0.25, -0.2) is 0 Å². The number of anilines is 1. The molecule has 2 aliphatic carbocycles. The number of nitrogens with two attached hydrogens (primary N) is 1. The molecule has 136 valence electrons. The number of hydrogen-bond acceptors (Lipinski definition) is 3. The van der Waals surface area contributed by atoms with Crippen molar-refractivity contribution >= 4 is 11.6 Å². The minimum Gasteiger partial charge on any atom is -0.368 e. The van der Waals surface area contributed by atoms with E-state index in [2.05, 4.69) is 41.0 Å². The van der Waals surface area contributed by atoms with Crippen LogP contribution in [0.25, 0.3) is 0 Å². The first-order valence-corrected chi connectivity index (χ1v) is 9.98. The maximum atomic E-state index is 13.1. The molecular weight excluding hydrogens is 310 g/mol. The zero-order valence-corrected chi connectivity index (χ0v) is 15.4. The maximum Gasteiger partial charge on any atom is 0.225 e. The third kappa shape index (κ3) is 3.29. The van der Waals surface area contributed by atoms with Gasteiger partial charge in [0, 0.05) is 43.8 Å². The van der Waals surface area contributed by atoms with Crippen molar-refractivity contribution in [3.8, 4) is 0 Å². The molecule has 4 heteroatoms. The summed E-state index contributed by atoms with van der Waals surface area (Å²) < 4.78 is 0. The summed E-state index contributed by atoms with van der Waals surface area (Å²) in [6, 6.07) is 8.89. The van der Waals surface area contributed by atoms with E-state index in [1.54, 1.807) is 0 Å². The van der Waals surface area contributed by atoms with Crippen LogP contribution >= 0.6 is 0 Å². The number of carbonyl (C=O) groups excluding carboxylic acids is 1. The fourth-order valence-corrected chi connectivity index (χ4v) is 5.33. The van der Waals surface area contributed by atoms with Gasteiger partial charge in [-0.2, -0.15) is 0 Å². The van der Waals surface area contributed by atoms with Gasteiger partial charge in [-0.1, -0.05) is 24.6 Å². The zero-order chi connectivity index (χ0) is 17.4. The summed E-state index contributed by atoms with van der Waals surface area (Å²) in [7, 11) is 0. The number of benzene rings is 1. The van der Waals surface area contributed by atoms with Crippen molar-refractivity contribution in [1.29, 1.82) is 0 Å². The monoisotopic (exact) mass is 341 g/mol. The van der Waals surface area contributed by atoms with Crippen LogP contribution in [0.3, 0.4) is 0 Å². The van der Waals surface area contributed by atoms with Crippen LogP contribution in [-0.2, 0) is 4.79 Å². The molecule has 0 aromatic heterocycles. The SMILES string of the molecule is Cc1ccccc1N1CCN(C(=O)C2CC3CCCC(C2)C3N)CC1. The maximum absolute atomic E-state index is 13.1. The van der Waals surface area contributed by atoms with E-state index in [0.717, 1.165) is 39.0 Å². The molecule has 2 saturated carbocycles. The second-order valence-corrected chi connectivity index (χ2v) is 8.30. The van der Waals surface area contributed by atoms with Gasteiger partial charge in [-0.05, 0) is 56.1 Å². The van der Waals surface area contributed by atoms with E-state index in [0.29, 0.717) is 23.8 Å². The number of para-hydroxylation sites is 1. The van der Waals surface area contributed by atoms with Crippen molar-refractivity contribution in [3.63, 3.8) is 0 Å². The first kappa shape index (κ1) is 16.9. The Labute approximate surface area is 151 Å². The minimum absolute atomic E-state index is 0.222. The molecule has 2 bridgehead atoms. The molecule has 0 radical (unpaired) electrons. The molecule has 1 heterocycles. The van der Waals surface area contributed by atoms with Crippen LogP contribution in [-0.4, -0.2) is 43.0 Å². The van der Waals surface area contributed by atoms with E-state index in [-0.39, 0.29) is 5.92 Å². The predicted octanol–water partition coefficient (Wildman–Crippen LogP) is 2.80. The molecule has 0 spiro atoms. The van der Waals surface area contributed by atoms with Gasteiger partial charge in [-0.15, -0.1) is 0 Å². The lowest BCUT2D eigenvalue weighted by molar-refractivity contribution is -0.138. The molecule has 1 saturated heterocycles. The highest BCUT2D eigenvalue weighted by atomic mass is 16.2. The van der Waals surface area contributed by atoms with Gasteiger partial charge in [0.15, 0.2) is 0 Å². The number of nitrogens with zero attached hydrogens (tertiary/aromatic N) is 2. The van der Waals surface area contributed by atoms with E-state index in [1.165, 1.54) is 30.5 Å². The molecule has 3 fully saturated rings. The Hall–Kier alpha value is -1.55. The summed E-state index contributed by atoms with van der Waals surface area (Å²) in [5, 5.41) is 0. The van der Waals surface area contributed by atoms with Gasteiger partial charge in [0.1, 0.15) is 0 Å². The fraction of sp³-hybridized carbons (Fsp3) is 0.667. The Bertz CT molecular complexity index is 609. The van der Waals surface area contributed by atoms with Gasteiger partial charge >= 0.3 is 0 Å². The first-order chi connectivity index (χ1) is 12.1. The molecule has 2 N–H and O–H groups in total. The molecule has 25 heavy (non-hydrogen) atoms. The quantitative estimate of drug-likeness (QED) is 0.900. The van der Waals surface area contributed by atoms with Gasteiger partial charge < -0.3 is 15.5 Å². The number of hydrogen-bond donors (Lipinski definition) is 1. The largest absolute Gasteiger partial charge is 0.368 e. The molecule has 4 rings (SSSR count). The van der Waals surface area contributed by atoms with Crippen LogP contribution in [0.2, 0.25) is 0 Å². The Balaban J connectivity index is 1.36. The molecule has 1 aromatic rings. The number of carbonyl (C=O) groups is 1. The van der Waals surface area contributed by atoms with Crippen LogP contribution < -0.4 is 10.6 Å². The second kappa shape index (κ2) is 6.99. The highest BCUT2D eigenvalue weighted by molar-refractivity contribution is 5.79. The second-order valence-electron chi connectivity index (χ2n) is 8.30. The first-order valence-electron chi connectivity index (χ1n) is 9.98. The lowest BCUT2D eigenvalue weighted by atomic mass is 9.65. The Morgan fingerprint density at radius 1 is 1.04 bits per heavy atom. The molecule has 2 unspecified atom stereocenters. The predicted molar refractivity (Wildman–Crippen MR) is 102 cm³/mol. The summed E-state index contributed by atoms with van der Waals surface area (Å²) in [6.45, 7) is 5.75. The highest BCUT2D eigenvalue weighted by Gasteiger charge is 2.41. The highest BCUT2D eigenvalue weighted by Crippen LogP contribution is 2.42. The summed E-state index contributed by atoms with van der Waals surface area (Å²) in [6.07, 6.45) is 5.80. The molecule has 4 nitrogen and oxygen atoms in total. The number of aryl methyl sites for hydroxylation is 1. The van der Waals surface area contributed by atoms with E-state index in [1.807, 2.05) is 0 Å². The molecule has 1 amide bonds. The summed E-state index contributed by atoms with van der Waals surface area (Å²) >= 11 is 0. The van der Waals surface area contributed by atoms with Crippen molar-refractivity contribution in [2.45, 2.75) is 45.1 Å². The van der Waals surface area contributed by atoms with Crippen molar-refractivity contribution in [2.24, 2.45) is 23.5 Å². The zero-order valence-electron chi connectivity index (χ0n) is 15.4. The van der Waals surface area contributed by atoms with Gasteiger partial charge in [0.25, 0.3) is 0 Å². The average molecular weight is 341 g/mol. The Morgan fingerprint density at radius 3 is 2.32 bits per heavy atom. The molecule has 3 aliphatic rings. The summed E-state index contributed by atoms with van der Waals surface area (Å²) in [5.41, 5.74) is 9.02. The van der Waals surface area contributed by atoms with Crippen LogP contribution in [0.5, 0.6) is 0 Å². The lowest BCUT2D eigenvalue weighted by Crippen LogP contribution is -2.53. The molecular formula is C21H31N3O. The van der Waals surface area contributed by atoms with Crippen LogP contribution in [0.15, 0.2) is 24.3 Å². The summed E-state index contributed by atoms with van der Waals surface area (Å²) in [4.78, 5) is 17.6.